The molecule has 1 radical (unpaired) electrons. The van der Waals surface area contributed by atoms with Crippen LogP contribution in [0.25, 0.3) is 0 Å². The summed E-state index contributed by atoms with van der Waals surface area (Å²) in [6.45, 7) is 0.649. The smallest absolute Gasteiger partial charge is 0.163 e. The van der Waals surface area contributed by atoms with Crippen LogP contribution in [0.1, 0.15) is 5.56 Å². The van der Waals surface area contributed by atoms with E-state index in [1.165, 1.54) is 0 Å². The largest absolute Gasteiger partial charge is 0.376 e. The first kappa shape index (κ1) is 8.01. The van der Waals surface area contributed by atoms with Gasteiger partial charge in [0.1, 0.15) is 0 Å². The van der Waals surface area contributed by atoms with E-state index in [2.05, 4.69) is 23.6 Å². The van der Waals surface area contributed by atoms with Crippen molar-refractivity contribution in [3.8, 4) is 0 Å². The molecule has 1 aromatic rings. The Hall–Kier alpha value is -1.09. The van der Waals surface area contributed by atoms with Crippen molar-refractivity contribution in [3.63, 3.8) is 0 Å². The zero-order chi connectivity index (χ0) is 8.10. The average molecular weight is 165 g/mol. The lowest BCUT2D eigenvalue weighted by atomic mass is 10.2. The van der Waals surface area contributed by atoms with Gasteiger partial charge in [-0.15, -0.1) is 0 Å². The molecule has 0 fully saturated rings. The van der Waals surface area contributed by atoms with Crippen LogP contribution >= 0.6 is 12.2 Å². The highest BCUT2D eigenvalue weighted by Crippen LogP contribution is 1.95. The molecule has 0 saturated heterocycles. The molecule has 11 heavy (non-hydrogen) atoms. The maximum atomic E-state index is 5.25. The lowest BCUT2D eigenvalue weighted by Crippen LogP contribution is -2.28. The van der Waals surface area contributed by atoms with E-state index in [9.17, 15) is 0 Å². The Labute approximate surface area is 71.4 Å². The Morgan fingerprint density at radius 3 is 3.00 bits per heavy atom. The van der Waals surface area contributed by atoms with Gasteiger partial charge in [-0.2, -0.15) is 0 Å². The molecule has 57 valence electrons. The van der Waals surface area contributed by atoms with Gasteiger partial charge in [0.2, 0.25) is 0 Å². The predicted octanol–water partition coefficient (Wildman–Crippen LogP) is 0.820. The second-order valence-corrected chi connectivity index (χ2v) is 2.55. The van der Waals surface area contributed by atoms with E-state index < -0.39 is 0 Å². The minimum Gasteiger partial charge on any atom is -0.376 e. The van der Waals surface area contributed by atoms with Gasteiger partial charge in [-0.3, -0.25) is 0 Å². The van der Waals surface area contributed by atoms with Crippen molar-refractivity contribution >= 4 is 17.3 Å². The molecular weight excluding hydrogens is 156 g/mol. The van der Waals surface area contributed by atoms with Crippen LogP contribution in [-0.2, 0) is 6.54 Å². The molecular formula is C8H9N2S. The molecule has 2 nitrogen and oxygen atoms in total. The van der Waals surface area contributed by atoms with Crippen molar-refractivity contribution in [1.29, 1.82) is 0 Å². The van der Waals surface area contributed by atoms with Crippen molar-refractivity contribution < 1.29 is 0 Å². The third kappa shape index (κ3) is 3.00. The summed E-state index contributed by atoms with van der Waals surface area (Å²) >= 11 is 4.65. The molecule has 0 bridgehead atoms. The highest BCUT2D eigenvalue weighted by molar-refractivity contribution is 7.80. The normalized spacial score (nSPS) is 9.09. The second-order valence-electron chi connectivity index (χ2n) is 2.11. The van der Waals surface area contributed by atoms with E-state index in [1.54, 1.807) is 0 Å². The van der Waals surface area contributed by atoms with Gasteiger partial charge >= 0.3 is 0 Å². The molecule has 0 unspecified atom stereocenters. The van der Waals surface area contributed by atoms with Gasteiger partial charge in [-0.1, -0.05) is 24.3 Å². The van der Waals surface area contributed by atoms with Gasteiger partial charge in [0.05, 0.1) is 0 Å². The Bertz CT molecular complexity index is 233. The number of rotatable bonds is 2. The molecule has 1 aromatic carbocycles. The number of nitrogens with two attached hydrogens (primary N) is 1. The average Bonchev–Trinajstić information content (AvgIpc) is 2.03. The molecule has 0 spiro atoms. The summed E-state index contributed by atoms with van der Waals surface area (Å²) in [5.74, 6) is 0. The highest BCUT2D eigenvalue weighted by atomic mass is 32.1. The fraction of sp³-hybridized carbons (Fsp3) is 0.125. The second kappa shape index (κ2) is 3.93. The number of benzene rings is 1. The van der Waals surface area contributed by atoms with Gasteiger partial charge in [0.15, 0.2) is 5.11 Å². The first-order chi connectivity index (χ1) is 5.29. The summed E-state index contributed by atoms with van der Waals surface area (Å²) in [5.41, 5.74) is 6.30. The summed E-state index contributed by atoms with van der Waals surface area (Å²) in [6.07, 6.45) is 0. The zero-order valence-corrected chi connectivity index (χ0v) is 6.82. The lowest BCUT2D eigenvalue weighted by molar-refractivity contribution is 0.918. The van der Waals surface area contributed by atoms with Crippen molar-refractivity contribution in [1.82, 2.24) is 5.32 Å². The molecule has 3 heteroatoms. The number of hydrogen-bond donors (Lipinski definition) is 2. The van der Waals surface area contributed by atoms with Crippen LogP contribution in [0.5, 0.6) is 0 Å². The van der Waals surface area contributed by atoms with Crippen LogP contribution in [-0.4, -0.2) is 5.11 Å². The molecule has 0 atom stereocenters. The lowest BCUT2D eigenvalue weighted by Gasteiger charge is -2.01. The zero-order valence-electron chi connectivity index (χ0n) is 6.00. The number of nitrogens with one attached hydrogen (secondary N) is 1. The van der Waals surface area contributed by atoms with Crippen LogP contribution in [0.15, 0.2) is 24.3 Å². The summed E-state index contributed by atoms with van der Waals surface area (Å²) in [7, 11) is 0. The van der Waals surface area contributed by atoms with Crippen LogP contribution in [0.4, 0.5) is 0 Å². The van der Waals surface area contributed by atoms with Crippen LogP contribution < -0.4 is 11.1 Å². The summed E-state index contributed by atoms with van der Waals surface area (Å²) < 4.78 is 0. The van der Waals surface area contributed by atoms with Crippen molar-refractivity contribution in [2.75, 3.05) is 0 Å². The van der Waals surface area contributed by atoms with Gasteiger partial charge in [0.25, 0.3) is 0 Å². The standard InChI is InChI=1S/C8H9N2S/c9-8(11)10-6-7-4-2-1-3-5-7/h1-4H,6H2,(H3,9,10,11). The van der Waals surface area contributed by atoms with E-state index in [0.717, 1.165) is 5.56 Å². The Kier molecular flexibility index (Phi) is 2.86. The Morgan fingerprint density at radius 1 is 1.64 bits per heavy atom. The number of hydrogen-bond acceptors (Lipinski definition) is 1. The molecule has 0 aliphatic rings. The molecule has 0 aliphatic heterocycles. The summed E-state index contributed by atoms with van der Waals surface area (Å²) in [5, 5.41) is 3.16. The summed E-state index contributed by atoms with van der Waals surface area (Å²) in [4.78, 5) is 0. The SMILES string of the molecule is NC(=S)NCc1[c]cccc1. The third-order valence-electron chi connectivity index (χ3n) is 1.23. The summed E-state index contributed by atoms with van der Waals surface area (Å²) in [6, 6.07) is 10.7. The number of thiocarbonyl (C=S) groups is 1. The monoisotopic (exact) mass is 165 g/mol. The van der Waals surface area contributed by atoms with Crippen molar-refractivity contribution in [2.45, 2.75) is 6.54 Å². The van der Waals surface area contributed by atoms with E-state index in [0.29, 0.717) is 11.7 Å². The van der Waals surface area contributed by atoms with Crippen LogP contribution in [0, 0.1) is 6.07 Å². The first-order valence-corrected chi connectivity index (χ1v) is 3.69. The Balaban J connectivity index is 2.45. The van der Waals surface area contributed by atoms with E-state index in [4.69, 9.17) is 5.73 Å². The topological polar surface area (TPSA) is 38.0 Å². The van der Waals surface area contributed by atoms with Gasteiger partial charge < -0.3 is 11.1 Å². The first-order valence-electron chi connectivity index (χ1n) is 3.28. The van der Waals surface area contributed by atoms with Crippen LogP contribution in [0.3, 0.4) is 0 Å². The predicted molar refractivity (Wildman–Crippen MR) is 48.9 cm³/mol. The molecule has 0 amide bonds. The van der Waals surface area contributed by atoms with Gasteiger partial charge in [-0.05, 0) is 23.8 Å². The van der Waals surface area contributed by atoms with E-state index in [1.807, 2.05) is 24.3 Å². The van der Waals surface area contributed by atoms with Crippen LogP contribution in [0.2, 0.25) is 0 Å². The molecule has 3 N–H and O–H groups in total. The molecule has 0 aromatic heterocycles. The quantitative estimate of drug-likeness (QED) is 0.637. The van der Waals surface area contributed by atoms with E-state index >= 15 is 0 Å². The fourth-order valence-electron chi connectivity index (χ4n) is 0.723. The minimum absolute atomic E-state index is 0.322. The maximum Gasteiger partial charge on any atom is 0.163 e. The highest BCUT2D eigenvalue weighted by Gasteiger charge is 1.89. The van der Waals surface area contributed by atoms with E-state index in [-0.39, 0.29) is 0 Å². The maximum absolute atomic E-state index is 5.25. The minimum atomic E-state index is 0.322. The Morgan fingerprint density at radius 2 is 2.45 bits per heavy atom. The van der Waals surface area contributed by atoms with Crippen molar-refractivity contribution in [3.05, 3.63) is 35.9 Å². The van der Waals surface area contributed by atoms with Gasteiger partial charge in [0, 0.05) is 6.54 Å². The van der Waals surface area contributed by atoms with Crippen molar-refractivity contribution in [2.24, 2.45) is 5.73 Å². The fourth-order valence-corrected chi connectivity index (χ4v) is 0.795. The molecule has 0 saturated carbocycles. The third-order valence-corrected chi connectivity index (χ3v) is 1.37. The molecule has 0 heterocycles. The van der Waals surface area contributed by atoms with Gasteiger partial charge in [-0.25, -0.2) is 0 Å². The molecule has 1 rings (SSSR count). The molecule has 0 aliphatic carbocycles.